The van der Waals surface area contributed by atoms with Crippen molar-refractivity contribution in [3.8, 4) is 5.75 Å². The van der Waals surface area contributed by atoms with Crippen LogP contribution in [0.1, 0.15) is 38.9 Å². The summed E-state index contributed by atoms with van der Waals surface area (Å²) in [6.45, 7) is 7.53. The Morgan fingerprint density at radius 1 is 1.47 bits per heavy atom. The van der Waals surface area contributed by atoms with Crippen molar-refractivity contribution in [3.63, 3.8) is 0 Å². The fourth-order valence-electron chi connectivity index (χ4n) is 1.85. The molecule has 2 atom stereocenters. The van der Waals surface area contributed by atoms with Crippen molar-refractivity contribution in [2.75, 3.05) is 13.7 Å². The smallest absolute Gasteiger partial charge is 0.161 e. The van der Waals surface area contributed by atoms with Crippen LogP contribution in [0.3, 0.4) is 0 Å². The van der Waals surface area contributed by atoms with Crippen LogP contribution in [0.5, 0.6) is 5.75 Å². The SMILES string of the molecule is CCCn1ncc(OC)c1C(N)C(C)OCC. The maximum absolute atomic E-state index is 6.21. The van der Waals surface area contributed by atoms with Crippen molar-refractivity contribution in [2.24, 2.45) is 5.73 Å². The third kappa shape index (κ3) is 3.20. The van der Waals surface area contributed by atoms with E-state index in [9.17, 15) is 0 Å². The van der Waals surface area contributed by atoms with E-state index in [4.69, 9.17) is 15.2 Å². The lowest BCUT2D eigenvalue weighted by Gasteiger charge is -2.21. The molecule has 0 amide bonds. The van der Waals surface area contributed by atoms with E-state index in [1.165, 1.54) is 0 Å². The Bertz CT molecular complexity index is 338. The Hall–Kier alpha value is -1.07. The highest BCUT2D eigenvalue weighted by Gasteiger charge is 2.23. The molecule has 5 nitrogen and oxygen atoms in total. The van der Waals surface area contributed by atoms with Gasteiger partial charge in [0, 0.05) is 13.2 Å². The van der Waals surface area contributed by atoms with Crippen LogP contribution in [0.2, 0.25) is 0 Å². The number of aromatic nitrogens is 2. The second-order valence-corrected chi connectivity index (χ2v) is 4.01. The summed E-state index contributed by atoms with van der Waals surface area (Å²) >= 11 is 0. The second kappa shape index (κ2) is 6.61. The minimum atomic E-state index is -0.223. The molecular weight excluding hydrogens is 218 g/mol. The minimum absolute atomic E-state index is 0.0544. The van der Waals surface area contributed by atoms with Gasteiger partial charge in [-0.25, -0.2) is 0 Å². The number of nitrogens with zero attached hydrogens (tertiary/aromatic N) is 2. The molecule has 2 unspecified atom stereocenters. The molecule has 1 rings (SSSR count). The van der Waals surface area contributed by atoms with Gasteiger partial charge in [0.2, 0.25) is 0 Å². The molecule has 0 aliphatic rings. The van der Waals surface area contributed by atoms with Crippen LogP contribution in [0.15, 0.2) is 6.20 Å². The predicted octanol–water partition coefficient (Wildman–Crippen LogP) is 1.73. The van der Waals surface area contributed by atoms with Gasteiger partial charge in [-0.1, -0.05) is 6.92 Å². The van der Waals surface area contributed by atoms with Crippen LogP contribution in [0.4, 0.5) is 0 Å². The lowest BCUT2D eigenvalue weighted by molar-refractivity contribution is 0.0547. The quantitative estimate of drug-likeness (QED) is 0.789. The van der Waals surface area contributed by atoms with E-state index in [0.29, 0.717) is 6.61 Å². The normalized spacial score (nSPS) is 14.6. The van der Waals surface area contributed by atoms with Gasteiger partial charge in [0.25, 0.3) is 0 Å². The molecule has 0 saturated carbocycles. The standard InChI is InChI=1S/C12H23N3O2/c1-5-7-15-12(10(16-4)8-14-15)11(13)9(3)17-6-2/h8-9,11H,5-7,13H2,1-4H3. The zero-order chi connectivity index (χ0) is 12.8. The van der Waals surface area contributed by atoms with Crippen molar-refractivity contribution in [2.45, 2.75) is 45.9 Å². The number of nitrogens with two attached hydrogens (primary N) is 1. The number of aryl methyl sites for hydroxylation is 1. The number of rotatable bonds is 7. The third-order valence-corrected chi connectivity index (χ3v) is 2.75. The number of methoxy groups -OCH3 is 1. The van der Waals surface area contributed by atoms with Crippen molar-refractivity contribution in [1.29, 1.82) is 0 Å². The maximum atomic E-state index is 6.21. The van der Waals surface area contributed by atoms with Crippen LogP contribution < -0.4 is 10.5 Å². The van der Waals surface area contributed by atoms with Gasteiger partial charge < -0.3 is 15.2 Å². The zero-order valence-electron chi connectivity index (χ0n) is 11.1. The molecule has 0 aromatic carbocycles. The van der Waals surface area contributed by atoms with Crippen LogP contribution >= 0.6 is 0 Å². The summed E-state index contributed by atoms with van der Waals surface area (Å²) < 4.78 is 12.7. The maximum Gasteiger partial charge on any atom is 0.161 e. The van der Waals surface area contributed by atoms with Crippen molar-refractivity contribution < 1.29 is 9.47 Å². The van der Waals surface area contributed by atoms with Crippen molar-refractivity contribution in [3.05, 3.63) is 11.9 Å². The molecule has 98 valence electrons. The lowest BCUT2D eigenvalue weighted by atomic mass is 10.1. The Kier molecular flexibility index (Phi) is 5.44. The van der Waals surface area contributed by atoms with Gasteiger partial charge in [0.05, 0.1) is 31.1 Å². The van der Waals surface area contributed by atoms with Gasteiger partial charge in [-0.2, -0.15) is 5.10 Å². The molecule has 0 saturated heterocycles. The van der Waals surface area contributed by atoms with Crippen molar-refractivity contribution >= 4 is 0 Å². The molecule has 1 aromatic rings. The summed E-state index contributed by atoms with van der Waals surface area (Å²) in [5.74, 6) is 0.734. The average molecular weight is 241 g/mol. The van der Waals surface area contributed by atoms with E-state index in [-0.39, 0.29) is 12.1 Å². The molecule has 1 aromatic heterocycles. The highest BCUT2D eigenvalue weighted by atomic mass is 16.5. The summed E-state index contributed by atoms with van der Waals surface area (Å²) in [5, 5.41) is 4.30. The fourth-order valence-corrected chi connectivity index (χ4v) is 1.85. The minimum Gasteiger partial charge on any atom is -0.493 e. The van der Waals surface area contributed by atoms with Gasteiger partial charge in [0.1, 0.15) is 0 Å². The van der Waals surface area contributed by atoms with Crippen LogP contribution in [-0.4, -0.2) is 29.6 Å². The van der Waals surface area contributed by atoms with E-state index < -0.39 is 0 Å². The lowest BCUT2D eigenvalue weighted by Crippen LogP contribution is -2.29. The Morgan fingerprint density at radius 3 is 2.71 bits per heavy atom. The molecule has 2 N–H and O–H groups in total. The molecule has 0 spiro atoms. The molecule has 0 aliphatic heterocycles. The van der Waals surface area contributed by atoms with Gasteiger partial charge in [0.15, 0.2) is 5.75 Å². The first kappa shape index (κ1) is 14.0. The number of hydrogen-bond acceptors (Lipinski definition) is 4. The van der Waals surface area contributed by atoms with Gasteiger partial charge >= 0.3 is 0 Å². The summed E-state index contributed by atoms with van der Waals surface area (Å²) in [7, 11) is 1.63. The summed E-state index contributed by atoms with van der Waals surface area (Å²) in [6.07, 6.45) is 2.66. The highest BCUT2D eigenvalue weighted by Crippen LogP contribution is 2.26. The van der Waals surface area contributed by atoms with E-state index in [1.807, 2.05) is 18.5 Å². The van der Waals surface area contributed by atoms with Crippen LogP contribution in [0.25, 0.3) is 0 Å². The van der Waals surface area contributed by atoms with Crippen LogP contribution in [-0.2, 0) is 11.3 Å². The first-order valence-corrected chi connectivity index (χ1v) is 6.12. The van der Waals surface area contributed by atoms with E-state index in [1.54, 1.807) is 13.3 Å². The number of hydrogen-bond donors (Lipinski definition) is 1. The third-order valence-electron chi connectivity index (χ3n) is 2.75. The summed E-state index contributed by atoms with van der Waals surface area (Å²) in [4.78, 5) is 0. The molecule has 1 heterocycles. The number of ether oxygens (including phenoxy) is 2. The zero-order valence-corrected chi connectivity index (χ0v) is 11.1. The Morgan fingerprint density at radius 2 is 2.18 bits per heavy atom. The summed E-state index contributed by atoms with van der Waals surface area (Å²) in [6, 6.07) is -0.223. The highest BCUT2D eigenvalue weighted by molar-refractivity contribution is 5.28. The summed E-state index contributed by atoms with van der Waals surface area (Å²) in [5.41, 5.74) is 7.12. The predicted molar refractivity (Wildman–Crippen MR) is 67.1 cm³/mol. The monoisotopic (exact) mass is 241 g/mol. The molecule has 5 heteroatoms. The molecule has 0 radical (unpaired) electrons. The first-order valence-electron chi connectivity index (χ1n) is 6.12. The molecule has 0 fully saturated rings. The molecule has 0 bridgehead atoms. The molecule has 17 heavy (non-hydrogen) atoms. The van der Waals surface area contributed by atoms with E-state index in [2.05, 4.69) is 12.0 Å². The fraction of sp³-hybridized carbons (Fsp3) is 0.750. The van der Waals surface area contributed by atoms with Crippen molar-refractivity contribution in [1.82, 2.24) is 9.78 Å². The Labute approximate surface area is 103 Å². The average Bonchev–Trinajstić information content (AvgIpc) is 2.72. The van der Waals surface area contributed by atoms with Crippen LogP contribution in [0, 0.1) is 0 Å². The van der Waals surface area contributed by atoms with E-state index >= 15 is 0 Å². The van der Waals surface area contributed by atoms with Gasteiger partial charge in [-0.3, -0.25) is 4.68 Å². The first-order chi connectivity index (χ1) is 8.15. The topological polar surface area (TPSA) is 62.3 Å². The largest absolute Gasteiger partial charge is 0.493 e. The van der Waals surface area contributed by atoms with Gasteiger partial charge in [-0.05, 0) is 20.3 Å². The second-order valence-electron chi connectivity index (χ2n) is 4.01. The Balaban J connectivity index is 2.95. The molecule has 0 aliphatic carbocycles. The molecular formula is C12H23N3O2. The van der Waals surface area contributed by atoms with Gasteiger partial charge in [-0.15, -0.1) is 0 Å². The van der Waals surface area contributed by atoms with E-state index in [0.717, 1.165) is 24.4 Å².